The van der Waals surface area contributed by atoms with E-state index in [-0.39, 0.29) is 0 Å². The summed E-state index contributed by atoms with van der Waals surface area (Å²) in [6, 6.07) is 0. The van der Waals surface area contributed by atoms with Crippen LogP contribution in [0.4, 0.5) is 0 Å². The number of hydrogen-bond donors (Lipinski definition) is 0. The van der Waals surface area contributed by atoms with Crippen molar-refractivity contribution in [1.29, 1.82) is 0 Å². The Kier molecular flexibility index (Phi) is 10.5. The maximum Gasteiger partial charge on any atom is 0.0462 e. The minimum absolute atomic E-state index is 0.410. The largest absolute Gasteiger partial charge is 0.385 e. The first-order valence-corrected chi connectivity index (χ1v) is 5.88. The number of hydrogen-bond acceptors (Lipinski definition) is 1. The Morgan fingerprint density at radius 3 is 2.38 bits per heavy atom. The molecule has 0 saturated carbocycles. The van der Waals surface area contributed by atoms with Gasteiger partial charge in [-0.3, -0.25) is 0 Å². The molecule has 0 aliphatic heterocycles. The second kappa shape index (κ2) is 10.3. The van der Waals surface area contributed by atoms with Gasteiger partial charge in [-0.25, -0.2) is 0 Å². The van der Waals surface area contributed by atoms with Crippen molar-refractivity contribution in [3.63, 3.8) is 0 Å². The fourth-order valence-corrected chi connectivity index (χ4v) is 1.80. The molecule has 0 saturated heterocycles. The zero-order valence-electron chi connectivity index (χ0n) is 9.02. The molecule has 0 spiro atoms. The van der Waals surface area contributed by atoms with Crippen molar-refractivity contribution in [1.82, 2.24) is 0 Å². The summed E-state index contributed by atoms with van der Waals surface area (Å²) in [6.07, 6.45) is 8.61. The molecule has 1 atom stereocenters. The Hall–Kier alpha value is 0.250. The van der Waals surface area contributed by atoms with Crippen LogP contribution in [0.5, 0.6) is 0 Å². The van der Waals surface area contributed by atoms with E-state index in [1.807, 2.05) is 0 Å². The van der Waals surface area contributed by atoms with Crippen LogP contribution < -0.4 is 0 Å². The Labute approximate surface area is 87.8 Å². The summed E-state index contributed by atoms with van der Waals surface area (Å²) in [7, 11) is 1.76. The van der Waals surface area contributed by atoms with Crippen molar-refractivity contribution < 1.29 is 4.74 Å². The van der Waals surface area contributed by atoms with E-state index in [0.717, 1.165) is 6.61 Å². The van der Waals surface area contributed by atoms with Gasteiger partial charge in [0.2, 0.25) is 0 Å². The Morgan fingerprint density at radius 1 is 1.08 bits per heavy atom. The molecular formula is C11H23ClO. The molecule has 0 N–H and O–H groups in total. The smallest absolute Gasteiger partial charge is 0.0462 e. The number of halogens is 1. The van der Waals surface area contributed by atoms with E-state index in [1.165, 1.54) is 44.9 Å². The highest BCUT2D eigenvalue weighted by Gasteiger charge is 2.01. The first-order valence-electron chi connectivity index (χ1n) is 5.44. The maximum atomic E-state index is 6.10. The van der Waals surface area contributed by atoms with E-state index >= 15 is 0 Å². The first kappa shape index (κ1) is 13.2. The molecule has 0 aliphatic rings. The zero-order chi connectivity index (χ0) is 9.94. The summed E-state index contributed by atoms with van der Waals surface area (Å²) in [4.78, 5) is 0. The quantitative estimate of drug-likeness (QED) is 0.410. The lowest BCUT2D eigenvalue weighted by atomic mass is 10.1. The summed E-state index contributed by atoms with van der Waals surface area (Å²) in [5.41, 5.74) is 0. The van der Waals surface area contributed by atoms with Crippen LogP contribution in [0.25, 0.3) is 0 Å². The van der Waals surface area contributed by atoms with Crippen LogP contribution in [0.1, 0.15) is 51.9 Å². The molecule has 0 aliphatic carbocycles. The molecule has 0 amide bonds. The van der Waals surface area contributed by atoms with Crippen molar-refractivity contribution in [2.75, 3.05) is 13.7 Å². The lowest BCUT2D eigenvalue weighted by Crippen LogP contribution is -1.97. The highest BCUT2D eigenvalue weighted by Crippen LogP contribution is 2.14. The molecule has 0 radical (unpaired) electrons. The van der Waals surface area contributed by atoms with Crippen molar-refractivity contribution in [2.45, 2.75) is 57.2 Å². The number of alkyl halides is 1. The fourth-order valence-electron chi connectivity index (χ4n) is 1.42. The SMILES string of the molecule is CCCC(Cl)CCCCCCOC. The monoisotopic (exact) mass is 206 g/mol. The predicted molar refractivity (Wildman–Crippen MR) is 59.5 cm³/mol. The van der Waals surface area contributed by atoms with Crippen LogP contribution >= 0.6 is 11.6 Å². The zero-order valence-corrected chi connectivity index (χ0v) is 9.78. The van der Waals surface area contributed by atoms with E-state index in [0.29, 0.717) is 5.38 Å². The van der Waals surface area contributed by atoms with Crippen LogP contribution in [-0.2, 0) is 4.74 Å². The lowest BCUT2D eigenvalue weighted by molar-refractivity contribution is 0.192. The fraction of sp³-hybridized carbons (Fsp3) is 1.00. The second-order valence-corrected chi connectivity index (χ2v) is 4.20. The number of unbranched alkanes of at least 4 members (excludes halogenated alkanes) is 3. The number of ether oxygens (including phenoxy) is 1. The van der Waals surface area contributed by atoms with Gasteiger partial charge in [-0.1, -0.05) is 32.6 Å². The Balaban J connectivity index is 2.97. The maximum absolute atomic E-state index is 6.10. The van der Waals surface area contributed by atoms with Gasteiger partial charge in [0.15, 0.2) is 0 Å². The number of rotatable bonds is 9. The highest BCUT2D eigenvalue weighted by atomic mass is 35.5. The summed E-state index contributed by atoms with van der Waals surface area (Å²) < 4.78 is 4.98. The average Bonchev–Trinajstić information content (AvgIpc) is 2.11. The Bertz CT molecular complexity index is 96.1. The van der Waals surface area contributed by atoms with Gasteiger partial charge in [-0.15, -0.1) is 11.6 Å². The molecule has 80 valence electrons. The van der Waals surface area contributed by atoms with E-state index in [2.05, 4.69) is 6.92 Å². The topological polar surface area (TPSA) is 9.23 Å². The van der Waals surface area contributed by atoms with Gasteiger partial charge >= 0.3 is 0 Å². The molecule has 2 heteroatoms. The molecule has 0 aromatic rings. The molecule has 0 rings (SSSR count). The molecule has 0 fully saturated rings. The lowest BCUT2D eigenvalue weighted by Gasteiger charge is -2.06. The molecule has 1 nitrogen and oxygen atoms in total. The van der Waals surface area contributed by atoms with Crippen molar-refractivity contribution in [3.8, 4) is 0 Å². The van der Waals surface area contributed by atoms with Gasteiger partial charge in [0.25, 0.3) is 0 Å². The third-order valence-electron chi connectivity index (χ3n) is 2.22. The van der Waals surface area contributed by atoms with Gasteiger partial charge in [0.05, 0.1) is 0 Å². The summed E-state index contributed by atoms with van der Waals surface area (Å²) >= 11 is 6.10. The van der Waals surface area contributed by atoms with E-state index in [4.69, 9.17) is 16.3 Å². The number of methoxy groups -OCH3 is 1. The van der Waals surface area contributed by atoms with E-state index < -0.39 is 0 Å². The Morgan fingerprint density at radius 2 is 1.77 bits per heavy atom. The highest BCUT2D eigenvalue weighted by molar-refractivity contribution is 6.20. The third-order valence-corrected chi connectivity index (χ3v) is 2.65. The van der Waals surface area contributed by atoms with Gasteiger partial charge in [0, 0.05) is 19.1 Å². The van der Waals surface area contributed by atoms with Crippen LogP contribution in [0.15, 0.2) is 0 Å². The minimum atomic E-state index is 0.410. The van der Waals surface area contributed by atoms with Crippen LogP contribution in [-0.4, -0.2) is 19.1 Å². The predicted octanol–water partition coefficient (Wildman–Crippen LogP) is 3.99. The summed E-state index contributed by atoms with van der Waals surface area (Å²) in [5, 5.41) is 0.410. The normalized spacial score (nSPS) is 13.2. The molecule has 13 heavy (non-hydrogen) atoms. The molecular weight excluding hydrogens is 184 g/mol. The first-order chi connectivity index (χ1) is 6.31. The van der Waals surface area contributed by atoms with Gasteiger partial charge in [-0.2, -0.15) is 0 Å². The van der Waals surface area contributed by atoms with Crippen LogP contribution in [0.3, 0.4) is 0 Å². The summed E-state index contributed by atoms with van der Waals surface area (Å²) in [5.74, 6) is 0. The molecule has 0 aromatic carbocycles. The van der Waals surface area contributed by atoms with E-state index in [1.54, 1.807) is 7.11 Å². The van der Waals surface area contributed by atoms with Gasteiger partial charge in [-0.05, 0) is 19.3 Å². The van der Waals surface area contributed by atoms with Crippen molar-refractivity contribution >= 4 is 11.6 Å². The molecule has 0 heterocycles. The van der Waals surface area contributed by atoms with Crippen LogP contribution in [0.2, 0.25) is 0 Å². The van der Waals surface area contributed by atoms with Crippen LogP contribution in [0, 0.1) is 0 Å². The van der Waals surface area contributed by atoms with Crippen molar-refractivity contribution in [3.05, 3.63) is 0 Å². The third kappa shape index (κ3) is 10.2. The second-order valence-electron chi connectivity index (χ2n) is 3.58. The van der Waals surface area contributed by atoms with Gasteiger partial charge in [0.1, 0.15) is 0 Å². The molecule has 1 unspecified atom stereocenters. The summed E-state index contributed by atoms with van der Waals surface area (Å²) in [6.45, 7) is 3.09. The van der Waals surface area contributed by atoms with Gasteiger partial charge < -0.3 is 4.74 Å². The standard InChI is InChI=1S/C11H23ClO/c1-3-8-11(12)9-6-4-5-7-10-13-2/h11H,3-10H2,1-2H3. The molecule has 0 bridgehead atoms. The molecule has 0 aromatic heterocycles. The minimum Gasteiger partial charge on any atom is -0.385 e. The average molecular weight is 207 g/mol. The van der Waals surface area contributed by atoms with Crippen molar-refractivity contribution in [2.24, 2.45) is 0 Å². The van der Waals surface area contributed by atoms with E-state index in [9.17, 15) is 0 Å².